The SMILES string of the molecule is C[C@H](C1CC1)N(C(=O)N[C@@H]1CCCOc2ccccc21)C1CC1. The minimum Gasteiger partial charge on any atom is -0.493 e. The lowest BCUT2D eigenvalue weighted by Gasteiger charge is -2.31. The van der Waals surface area contributed by atoms with E-state index in [9.17, 15) is 4.79 Å². The third kappa shape index (κ3) is 3.17. The van der Waals surface area contributed by atoms with Crippen molar-refractivity contribution in [1.82, 2.24) is 10.2 Å². The number of fused-ring (bicyclic) bond motifs is 1. The molecule has 4 nitrogen and oxygen atoms in total. The summed E-state index contributed by atoms with van der Waals surface area (Å²) >= 11 is 0. The monoisotopic (exact) mass is 314 g/mol. The van der Waals surface area contributed by atoms with Crippen molar-refractivity contribution in [3.8, 4) is 5.75 Å². The van der Waals surface area contributed by atoms with Crippen LogP contribution in [0.5, 0.6) is 5.75 Å². The van der Waals surface area contributed by atoms with Gasteiger partial charge in [0.25, 0.3) is 0 Å². The maximum absolute atomic E-state index is 13.0. The van der Waals surface area contributed by atoms with Crippen molar-refractivity contribution in [3.05, 3.63) is 29.8 Å². The fourth-order valence-electron chi connectivity index (χ4n) is 3.74. The molecule has 0 saturated heterocycles. The molecule has 2 aliphatic carbocycles. The summed E-state index contributed by atoms with van der Waals surface area (Å²) < 4.78 is 5.81. The van der Waals surface area contributed by atoms with E-state index in [0.29, 0.717) is 18.0 Å². The van der Waals surface area contributed by atoms with E-state index in [1.807, 2.05) is 18.2 Å². The number of hydrogen-bond donors (Lipinski definition) is 1. The van der Waals surface area contributed by atoms with Crippen LogP contribution in [0.3, 0.4) is 0 Å². The van der Waals surface area contributed by atoms with Crippen LogP contribution in [-0.4, -0.2) is 29.6 Å². The maximum Gasteiger partial charge on any atom is 0.318 e. The van der Waals surface area contributed by atoms with Crippen molar-refractivity contribution in [2.75, 3.05) is 6.61 Å². The predicted molar refractivity (Wildman–Crippen MR) is 89.5 cm³/mol. The summed E-state index contributed by atoms with van der Waals surface area (Å²) in [6, 6.07) is 9.13. The molecule has 1 N–H and O–H groups in total. The molecule has 2 saturated carbocycles. The highest BCUT2D eigenvalue weighted by Gasteiger charge is 2.42. The molecule has 2 amide bonds. The largest absolute Gasteiger partial charge is 0.493 e. The van der Waals surface area contributed by atoms with Gasteiger partial charge in [0.05, 0.1) is 12.6 Å². The molecule has 1 heterocycles. The maximum atomic E-state index is 13.0. The summed E-state index contributed by atoms with van der Waals surface area (Å²) in [6.45, 7) is 2.95. The molecule has 23 heavy (non-hydrogen) atoms. The van der Waals surface area contributed by atoms with Crippen molar-refractivity contribution in [2.45, 2.75) is 63.6 Å². The van der Waals surface area contributed by atoms with E-state index in [2.05, 4.69) is 23.2 Å². The Balaban J connectivity index is 1.51. The van der Waals surface area contributed by atoms with Gasteiger partial charge in [-0.3, -0.25) is 0 Å². The average molecular weight is 314 g/mol. The average Bonchev–Trinajstić information content (AvgIpc) is 3.40. The van der Waals surface area contributed by atoms with Gasteiger partial charge in [0.15, 0.2) is 0 Å². The molecule has 2 atom stereocenters. The molecular formula is C19H26N2O2. The van der Waals surface area contributed by atoms with E-state index in [-0.39, 0.29) is 12.1 Å². The van der Waals surface area contributed by atoms with Crippen LogP contribution in [0.1, 0.15) is 57.1 Å². The van der Waals surface area contributed by atoms with E-state index in [1.165, 1.54) is 12.8 Å². The Morgan fingerprint density at radius 3 is 2.74 bits per heavy atom. The Labute approximate surface area is 138 Å². The number of para-hydroxylation sites is 1. The zero-order valence-electron chi connectivity index (χ0n) is 13.8. The number of carbonyl (C=O) groups is 1. The van der Waals surface area contributed by atoms with Gasteiger partial charge >= 0.3 is 6.03 Å². The number of ether oxygens (including phenoxy) is 1. The van der Waals surface area contributed by atoms with E-state index in [1.54, 1.807) is 0 Å². The molecule has 0 unspecified atom stereocenters. The van der Waals surface area contributed by atoms with Crippen LogP contribution in [0.15, 0.2) is 24.3 Å². The third-order valence-corrected chi connectivity index (χ3v) is 5.40. The molecule has 0 bridgehead atoms. The molecule has 3 aliphatic rings. The van der Waals surface area contributed by atoms with Crippen LogP contribution >= 0.6 is 0 Å². The molecule has 0 radical (unpaired) electrons. The predicted octanol–water partition coefficient (Wildman–Crippen LogP) is 3.87. The van der Waals surface area contributed by atoms with E-state index in [0.717, 1.165) is 43.6 Å². The lowest BCUT2D eigenvalue weighted by atomic mass is 10.0. The lowest BCUT2D eigenvalue weighted by Crippen LogP contribution is -2.48. The summed E-state index contributed by atoms with van der Waals surface area (Å²) in [6.07, 6.45) is 6.79. The number of urea groups is 1. The standard InChI is InChI=1S/C19H26N2O2/c1-13(14-8-9-14)21(15-10-11-15)19(22)20-17-6-4-12-23-18-7-3-2-5-16(17)18/h2-3,5,7,13-15,17H,4,6,8-12H2,1H3,(H,20,22)/t13-,17-/m1/s1. The second kappa shape index (κ2) is 6.06. The number of rotatable bonds is 4. The van der Waals surface area contributed by atoms with Gasteiger partial charge in [0.2, 0.25) is 0 Å². The van der Waals surface area contributed by atoms with Crippen LogP contribution < -0.4 is 10.1 Å². The topological polar surface area (TPSA) is 41.6 Å². The van der Waals surface area contributed by atoms with Gasteiger partial charge in [-0.1, -0.05) is 18.2 Å². The summed E-state index contributed by atoms with van der Waals surface area (Å²) in [7, 11) is 0. The van der Waals surface area contributed by atoms with Crippen molar-refractivity contribution in [1.29, 1.82) is 0 Å². The van der Waals surface area contributed by atoms with Crippen LogP contribution in [0, 0.1) is 5.92 Å². The van der Waals surface area contributed by atoms with Crippen LogP contribution in [-0.2, 0) is 0 Å². The zero-order valence-corrected chi connectivity index (χ0v) is 13.8. The lowest BCUT2D eigenvalue weighted by molar-refractivity contribution is 0.163. The normalized spacial score (nSPS) is 24.8. The molecule has 4 heteroatoms. The Morgan fingerprint density at radius 2 is 2.00 bits per heavy atom. The Kier molecular flexibility index (Phi) is 3.92. The fourth-order valence-corrected chi connectivity index (χ4v) is 3.74. The van der Waals surface area contributed by atoms with Crippen LogP contribution in [0.4, 0.5) is 4.79 Å². The quantitative estimate of drug-likeness (QED) is 0.916. The molecule has 4 rings (SSSR count). The Bertz CT molecular complexity index is 580. The molecular weight excluding hydrogens is 288 g/mol. The van der Waals surface area contributed by atoms with Crippen molar-refractivity contribution < 1.29 is 9.53 Å². The summed E-state index contributed by atoms with van der Waals surface area (Å²) in [5, 5.41) is 3.31. The Morgan fingerprint density at radius 1 is 1.22 bits per heavy atom. The molecule has 0 spiro atoms. The van der Waals surface area contributed by atoms with E-state index in [4.69, 9.17) is 4.74 Å². The van der Waals surface area contributed by atoms with Gasteiger partial charge in [-0.2, -0.15) is 0 Å². The van der Waals surface area contributed by atoms with Crippen LogP contribution in [0.2, 0.25) is 0 Å². The first-order chi connectivity index (χ1) is 11.2. The highest BCUT2D eigenvalue weighted by atomic mass is 16.5. The van der Waals surface area contributed by atoms with Gasteiger partial charge in [0.1, 0.15) is 5.75 Å². The molecule has 1 aromatic rings. The molecule has 2 fully saturated rings. The van der Waals surface area contributed by atoms with Crippen molar-refractivity contribution in [3.63, 3.8) is 0 Å². The number of hydrogen-bond acceptors (Lipinski definition) is 2. The smallest absolute Gasteiger partial charge is 0.318 e. The summed E-state index contributed by atoms with van der Waals surface area (Å²) in [5.74, 6) is 1.63. The number of amides is 2. The number of carbonyl (C=O) groups excluding carboxylic acids is 1. The van der Waals surface area contributed by atoms with Gasteiger partial charge in [0, 0.05) is 17.6 Å². The van der Waals surface area contributed by atoms with Gasteiger partial charge in [-0.15, -0.1) is 0 Å². The Hall–Kier alpha value is -1.71. The van der Waals surface area contributed by atoms with Crippen molar-refractivity contribution in [2.24, 2.45) is 5.92 Å². The first kappa shape index (κ1) is 14.9. The zero-order chi connectivity index (χ0) is 15.8. The first-order valence-corrected chi connectivity index (χ1v) is 9.04. The van der Waals surface area contributed by atoms with Gasteiger partial charge in [-0.05, 0) is 57.4 Å². The molecule has 124 valence electrons. The molecule has 1 aromatic carbocycles. The van der Waals surface area contributed by atoms with Gasteiger partial charge < -0.3 is 15.0 Å². The molecule has 1 aliphatic heterocycles. The number of benzene rings is 1. The van der Waals surface area contributed by atoms with Crippen molar-refractivity contribution >= 4 is 6.03 Å². The number of nitrogens with zero attached hydrogens (tertiary/aromatic N) is 1. The second-order valence-corrected chi connectivity index (χ2v) is 7.25. The summed E-state index contributed by atoms with van der Waals surface area (Å²) in [4.78, 5) is 15.1. The van der Waals surface area contributed by atoms with Crippen LogP contribution in [0.25, 0.3) is 0 Å². The van der Waals surface area contributed by atoms with E-state index >= 15 is 0 Å². The minimum absolute atomic E-state index is 0.0638. The highest BCUT2D eigenvalue weighted by molar-refractivity contribution is 5.76. The first-order valence-electron chi connectivity index (χ1n) is 9.04. The van der Waals surface area contributed by atoms with Gasteiger partial charge in [-0.25, -0.2) is 4.79 Å². The van der Waals surface area contributed by atoms with E-state index < -0.39 is 0 Å². The molecule has 0 aromatic heterocycles. The number of nitrogens with one attached hydrogen (secondary N) is 1. The summed E-state index contributed by atoms with van der Waals surface area (Å²) in [5.41, 5.74) is 1.12. The fraction of sp³-hybridized carbons (Fsp3) is 0.632. The highest BCUT2D eigenvalue weighted by Crippen LogP contribution is 2.40. The third-order valence-electron chi connectivity index (χ3n) is 5.40. The second-order valence-electron chi connectivity index (χ2n) is 7.25. The minimum atomic E-state index is 0.0638.